The van der Waals surface area contributed by atoms with Gasteiger partial charge >= 0.3 is 0 Å². The Labute approximate surface area is 91.5 Å². The monoisotopic (exact) mass is 257 g/mol. The molecule has 5 heteroatoms. The number of hydrogen-bond acceptors (Lipinski definition) is 3. The van der Waals surface area contributed by atoms with Crippen LogP contribution in [-0.4, -0.2) is 33.9 Å². The van der Waals surface area contributed by atoms with Crippen molar-refractivity contribution in [1.29, 1.82) is 0 Å². The molecule has 0 aliphatic carbocycles. The van der Waals surface area contributed by atoms with Gasteiger partial charge in [-0.3, -0.25) is 4.79 Å². The average molecular weight is 258 g/mol. The second-order valence-corrected chi connectivity index (χ2v) is 4.08. The van der Waals surface area contributed by atoms with Crippen LogP contribution in [0, 0.1) is 0 Å². The zero-order valence-corrected chi connectivity index (χ0v) is 9.95. The summed E-state index contributed by atoms with van der Waals surface area (Å²) < 4.78 is 0.623. The average Bonchev–Trinajstić information content (AvgIpc) is 2.16. The molecule has 0 spiro atoms. The van der Waals surface area contributed by atoms with Gasteiger partial charge in [0.15, 0.2) is 0 Å². The molecule has 0 aliphatic rings. The highest BCUT2D eigenvalue weighted by Gasteiger charge is 2.17. The number of hydrogen-bond donors (Lipinski definition) is 0. The Morgan fingerprint density at radius 2 is 2.21 bits per heavy atom. The molecule has 76 valence electrons. The molecule has 0 saturated heterocycles. The van der Waals surface area contributed by atoms with Gasteiger partial charge in [0.2, 0.25) is 0 Å². The van der Waals surface area contributed by atoms with Gasteiger partial charge in [0, 0.05) is 19.3 Å². The molecule has 0 saturated carbocycles. The Hall–Kier alpha value is -0.970. The largest absolute Gasteiger partial charge is 0.338 e. The Bertz CT molecular complexity index is 341. The van der Waals surface area contributed by atoms with Crippen molar-refractivity contribution in [1.82, 2.24) is 14.9 Å². The number of halogens is 1. The van der Waals surface area contributed by atoms with Crippen molar-refractivity contribution in [2.24, 2.45) is 0 Å². The van der Waals surface area contributed by atoms with E-state index in [-0.39, 0.29) is 11.9 Å². The van der Waals surface area contributed by atoms with E-state index in [1.54, 1.807) is 18.1 Å². The summed E-state index contributed by atoms with van der Waals surface area (Å²) in [6.45, 7) is 3.90. The van der Waals surface area contributed by atoms with E-state index in [0.29, 0.717) is 10.2 Å². The van der Waals surface area contributed by atoms with Gasteiger partial charge in [-0.1, -0.05) is 0 Å². The molecule has 0 bridgehead atoms. The summed E-state index contributed by atoms with van der Waals surface area (Å²) in [5.41, 5.74) is 0.399. The fraction of sp³-hybridized carbons (Fsp3) is 0.444. The second kappa shape index (κ2) is 4.50. The summed E-state index contributed by atoms with van der Waals surface area (Å²) in [7, 11) is 1.75. The number of aromatic nitrogens is 2. The highest BCUT2D eigenvalue weighted by Crippen LogP contribution is 2.14. The molecular formula is C9H12BrN3O. The highest BCUT2D eigenvalue weighted by atomic mass is 79.9. The van der Waals surface area contributed by atoms with Crippen LogP contribution in [0.1, 0.15) is 24.3 Å². The first-order chi connectivity index (χ1) is 6.54. The van der Waals surface area contributed by atoms with Crippen LogP contribution in [0.5, 0.6) is 0 Å². The van der Waals surface area contributed by atoms with E-state index < -0.39 is 0 Å². The van der Waals surface area contributed by atoms with Crippen LogP contribution < -0.4 is 0 Å². The molecule has 1 amide bonds. The topological polar surface area (TPSA) is 46.1 Å². The molecular weight excluding hydrogens is 246 g/mol. The molecule has 0 aromatic carbocycles. The van der Waals surface area contributed by atoms with Gasteiger partial charge in [-0.15, -0.1) is 0 Å². The molecule has 0 atom stereocenters. The van der Waals surface area contributed by atoms with Gasteiger partial charge in [-0.05, 0) is 29.8 Å². The number of rotatable bonds is 2. The van der Waals surface area contributed by atoms with Crippen LogP contribution in [0.15, 0.2) is 17.0 Å². The molecule has 14 heavy (non-hydrogen) atoms. The molecule has 0 radical (unpaired) electrons. The van der Waals surface area contributed by atoms with E-state index in [4.69, 9.17) is 0 Å². The normalized spacial score (nSPS) is 10.4. The van der Waals surface area contributed by atoms with Gasteiger partial charge in [0.25, 0.3) is 5.91 Å². The summed E-state index contributed by atoms with van der Waals surface area (Å²) in [6.07, 6.45) is 2.93. The first-order valence-corrected chi connectivity index (χ1v) is 5.06. The fourth-order valence-corrected chi connectivity index (χ4v) is 1.26. The van der Waals surface area contributed by atoms with Crippen LogP contribution in [-0.2, 0) is 0 Å². The van der Waals surface area contributed by atoms with Gasteiger partial charge in [-0.2, -0.15) is 0 Å². The molecule has 0 aliphatic heterocycles. The Morgan fingerprint density at radius 3 is 2.71 bits per heavy atom. The summed E-state index contributed by atoms with van der Waals surface area (Å²) in [5, 5.41) is 0. The highest BCUT2D eigenvalue weighted by molar-refractivity contribution is 9.10. The van der Waals surface area contributed by atoms with Crippen molar-refractivity contribution in [3.05, 3.63) is 22.7 Å². The second-order valence-electron chi connectivity index (χ2n) is 3.23. The van der Waals surface area contributed by atoms with E-state index in [2.05, 4.69) is 25.9 Å². The maximum atomic E-state index is 11.8. The molecule has 1 heterocycles. The molecule has 0 unspecified atom stereocenters. The van der Waals surface area contributed by atoms with Crippen molar-refractivity contribution in [3.8, 4) is 0 Å². The number of amides is 1. The zero-order valence-electron chi connectivity index (χ0n) is 8.36. The quantitative estimate of drug-likeness (QED) is 0.811. The summed E-state index contributed by atoms with van der Waals surface area (Å²) in [5.74, 6) is -0.103. The maximum Gasteiger partial charge on any atom is 0.273 e. The molecule has 1 aromatic rings. The van der Waals surface area contributed by atoms with Crippen molar-refractivity contribution in [2.45, 2.75) is 19.9 Å². The van der Waals surface area contributed by atoms with E-state index in [1.807, 2.05) is 13.8 Å². The Balaban J connectivity index is 2.95. The smallest absolute Gasteiger partial charge is 0.273 e. The van der Waals surface area contributed by atoms with E-state index >= 15 is 0 Å². The van der Waals surface area contributed by atoms with Crippen molar-refractivity contribution in [3.63, 3.8) is 0 Å². The molecule has 0 N–H and O–H groups in total. The number of carbonyl (C=O) groups is 1. The predicted molar refractivity (Wildman–Crippen MR) is 57.0 cm³/mol. The third kappa shape index (κ3) is 2.29. The first-order valence-electron chi connectivity index (χ1n) is 4.26. The third-order valence-corrected chi connectivity index (χ3v) is 2.55. The van der Waals surface area contributed by atoms with Crippen LogP contribution >= 0.6 is 15.9 Å². The van der Waals surface area contributed by atoms with Crippen molar-refractivity contribution < 1.29 is 4.79 Å². The molecule has 0 fully saturated rings. The molecule has 1 rings (SSSR count). The minimum absolute atomic E-state index is 0.103. The summed E-state index contributed by atoms with van der Waals surface area (Å²) >= 11 is 3.24. The van der Waals surface area contributed by atoms with E-state index in [9.17, 15) is 4.79 Å². The van der Waals surface area contributed by atoms with Gasteiger partial charge in [0.05, 0.1) is 4.47 Å². The predicted octanol–water partition coefficient (Wildman–Crippen LogP) is 1.72. The summed E-state index contributed by atoms with van der Waals surface area (Å²) in [6, 6.07) is 0.157. The lowest BCUT2D eigenvalue weighted by atomic mass is 10.3. The number of carbonyl (C=O) groups excluding carboxylic acids is 1. The standard InChI is InChI=1S/C9H12BrN3O/c1-6(2)13(3)9(14)8-7(10)4-11-5-12-8/h4-6H,1-3H3. The van der Waals surface area contributed by atoms with Gasteiger partial charge in [-0.25, -0.2) is 9.97 Å². The van der Waals surface area contributed by atoms with Crippen molar-refractivity contribution >= 4 is 21.8 Å². The SMILES string of the molecule is CC(C)N(C)C(=O)c1ncncc1Br. The lowest BCUT2D eigenvalue weighted by molar-refractivity contribution is 0.0748. The maximum absolute atomic E-state index is 11.8. The van der Waals surface area contributed by atoms with E-state index in [1.165, 1.54) is 6.33 Å². The lowest BCUT2D eigenvalue weighted by Crippen LogP contribution is -2.33. The first kappa shape index (κ1) is 11.1. The van der Waals surface area contributed by atoms with Gasteiger partial charge in [0.1, 0.15) is 12.0 Å². The minimum Gasteiger partial charge on any atom is -0.338 e. The molecule has 4 nitrogen and oxygen atoms in total. The molecule has 1 aromatic heterocycles. The van der Waals surface area contributed by atoms with E-state index in [0.717, 1.165) is 0 Å². The lowest BCUT2D eigenvalue weighted by Gasteiger charge is -2.21. The summed E-state index contributed by atoms with van der Waals surface area (Å²) in [4.78, 5) is 21.2. The fourth-order valence-electron chi connectivity index (χ4n) is 0.872. The number of nitrogens with zero attached hydrogens (tertiary/aromatic N) is 3. The van der Waals surface area contributed by atoms with Gasteiger partial charge < -0.3 is 4.90 Å². The van der Waals surface area contributed by atoms with Crippen molar-refractivity contribution in [2.75, 3.05) is 7.05 Å². The Morgan fingerprint density at radius 1 is 1.57 bits per heavy atom. The third-order valence-electron chi connectivity index (χ3n) is 1.97. The van der Waals surface area contributed by atoms with Crippen LogP contribution in [0.3, 0.4) is 0 Å². The van der Waals surface area contributed by atoms with Crippen LogP contribution in [0.2, 0.25) is 0 Å². The van der Waals surface area contributed by atoms with Crippen LogP contribution in [0.4, 0.5) is 0 Å². The van der Waals surface area contributed by atoms with Crippen LogP contribution in [0.25, 0.3) is 0 Å². The zero-order chi connectivity index (χ0) is 10.7. The Kier molecular flexibility index (Phi) is 3.57. The minimum atomic E-state index is -0.103.